The molecule has 3 nitrogen and oxygen atoms in total. The van der Waals surface area contributed by atoms with Crippen LogP contribution in [0.3, 0.4) is 0 Å². The highest BCUT2D eigenvalue weighted by Crippen LogP contribution is 2.25. The molecule has 0 amide bonds. The summed E-state index contributed by atoms with van der Waals surface area (Å²) in [6, 6.07) is 3.59. The summed E-state index contributed by atoms with van der Waals surface area (Å²) in [4.78, 5) is 11.5. The summed E-state index contributed by atoms with van der Waals surface area (Å²) in [5, 5.41) is 0. The highest BCUT2D eigenvalue weighted by Gasteiger charge is 2.16. The monoisotopic (exact) mass is 228 g/mol. The summed E-state index contributed by atoms with van der Waals surface area (Å²) in [5.41, 5.74) is 2.17. The molecule has 1 aromatic rings. The van der Waals surface area contributed by atoms with E-state index >= 15 is 0 Å². The van der Waals surface area contributed by atoms with Crippen molar-refractivity contribution in [2.75, 3.05) is 14.2 Å². The fraction of sp³-hybridized carbons (Fsp3) is 0.364. The quantitative estimate of drug-likeness (QED) is 0.589. The molecule has 0 radical (unpaired) electrons. The number of hydrogen-bond acceptors (Lipinski definition) is 3. The number of rotatable bonds is 3. The van der Waals surface area contributed by atoms with Gasteiger partial charge in [-0.2, -0.15) is 0 Å². The molecule has 0 atom stereocenters. The Morgan fingerprint density at radius 1 is 1.40 bits per heavy atom. The summed E-state index contributed by atoms with van der Waals surface area (Å²) in [6.07, 6.45) is 0. The maximum Gasteiger partial charge on any atom is 0.341 e. The van der Waals surface area contributed by atoms with E-state index in [0.29, 0.717) is 17.2 Å². The van der Waals surface area contributed by atoms with E-state index in [1.54, 1.807) is 6.07 Å². The minimum absolute atomic E-state index is 0.388. The van der Waals surface area contributed by atoms with Crippen molar-refractivity contribution < 1.29 is 14.3 Å². The molecule has 82 valence electrons. The lowest BCUT2D eigenvalue weighted by molar-refractivity contribution is 0.0596. The Morgan fingerprint density at radius 2 is 2.07 bits per heavy atom. The molecule has 15 heavy (non-hydrogen) atoms. The topological polar surface area (TPSA) is 35.5 Å². The zero-order valence-electron chi connectivity index (χ0n) is 8.96. The van der Waals surface area contributed by atoms with Crippen molar-refractivity contribution in [2.24, 2.45) is 0 Å². The van der Waals surface area contributed by atoms with Crippen LogP contribution in [0.4, 0.5) is 0 Å². The molecule has 0 aliphatic heterocycles. The minimum atomic E-state index is -0.398. The molecule has 0 aliphatic carbocycles. The third-order valence-corrected chi connectivity index (χ3v) is 2.43. The Kier molecular flexibility index (Phi) is 3.97. The number of carbonyl (C=O) groups excluding carboxylic acids is 1. The molecular formula is C11H13ClO3. The summed E-state index contributed by atoms with van der Waals surface area (Å²) >= 11 is 5.72. The van der Waals surface area contributed by atoms with Crippen LogP contribution in [0.1, 0.15) is 21.5 Å². The first-order valence-electron chi connectivity index (χ1n) is 4.45. The Morgan fingerprint density at radius 3 is 2.53 bits per heavy atom. The fourth-order valence-electron chi connectivity index (χ4n) is 1.43. The second kappa shape index (κ2) is 5.03. The molecule has 0 N–H and O–H groups in total. The third kappa shape index (κ3) is 2.42. The van der Waals surface area contributed by atoms with Gasteiger partial charge in [0.15, 0.2) is 0 Å². The molecule has 1 rings (SSSR count). The van der Waals surface area contributed by atoms with Crippen LogP contribution in [-0.2, 0) is 10.6 Å². The van der Waals surface area contributed by atoms with E-state index in [-0.39, 0.29) is 0 Å². The standard InChI is InChI=1S/C11H13ClO3/c1-7-4-8(6-12)5-9(14-2)10(7)11(13)15-3/h4-5H,6H2,1-3H3. The minimum Gasteiger partial charge on any atom is -0.496 e. The van der Waals surface area contributed by atoms with Crippen LogP contribution in [-0.4, -0.2) is 20.2 Å². The first-order chi connectivity index (χ1) is 7.13. The van der Waals surface area contributed by atoms with Gasteiger partial charge in [-0.05, 0) is 24.1 Å². The number of ether oxygens (including phenoxy) is 2. The van der Waals surface area contributed by atoms with E-state index in [4.69, 9.17) is 16.3 Å². The van der Waals surface area contributed by atoms with E-state index in [1.165, 1.54) is 14.2 Å². The van der Waals surface area contributed by atoms with Crippen molar-refractivity contribution in [3.05, 3.63) is 28.8 Å². The lowest BCUT2D eigenvalue weighted by atomic mass is 10.0. The Bertz CT molecular complexity index is 374. The number of hydrogen-bond donors (Lipinski definition) is 0. The predicted octanol–water partition coefficient (Wildman–Crippen LogP) is 2.53. The van der Waals surface area contributed by atoms with Crippen LogP contribution >= 0.6 is 11.6 Å². The van der Waals surface area contributed by atoms with E-state index in [9.17, 15) is 4.79 Å². The van der Waals surface area contributed by atoms with Crippen molar-refractivity contribution >= 4 is 17.6 Å². The summed E-state index contributed by atoms with van der Waals surface area (Å²) in [7, 11) is 2.86. The zero-order valence-corrected chi connectivity index (χ0v) is 9.72. The first kappa shape index (κ1) is 11.9. The summed E-state index contributed by atoms with van der Waals surface area (Å²) in [5.74, 6) is 0.488. The predicted molar refractivity (Wildman–Crippen MR) is 58.6 cm³/mol. The van der Waals surface area contributed by atoms with Crippen LogP contribution < -0.4 is 4.74 Å². The molecule has 0 unspecified atom stereocenters. The number of halogens is 1. The summed E-state index contributed by atoms with van der Waals surface area (Å²) in [6.45, 7) is 1.82. The van der Waals surface area contributed by atoms with E-state index in [0.717, 1.165) is 11.1 Å². The molecule has 0 saturated heterocycles. The van der Waals surface area contributed by atoms with Crippen molar-refractivity contribution in [2.45, 2.75) is 12.8 Å². The van der Waals surface area contributed by atoms with Gasteiger partial charge in [0.25, 0.3) is 0 Å². The average Bonchev–Trinajstić information content (AvgIpc) is 2.26. The van der Waals surface area contributed by atoms with Gasteiger partial charge in [0.1, 0.15) is 11.3 Å². The second-order valence-electron chi connectivity index (χ2n) is 3.12. The molecule has 0 saturated carbocycles. The van der Waals surface area contributed by atoms with E-state index in [2.05, 4.69) is 4.74 Å². The number of alkyl halides is 1. The molecule has 1 aromatic carbocycles. The highest BCUT2D eigenvalue weighted by molar-refractivity contribution is 6.17. The Labute approximate surface area is 93.9 Å². The van der Waals surface area contributed by atoms with Crippen LogP contribution in [0.25, 0.3) is 0 Å². The molecule has 0 aromatic heterocycles. The van der Waals surface area contributed by atoms with Gasteiger partial charge in [0.05, 0.1) is 14.2 Å². The van der Waals surface area contributed by atoms with Crippen LogP contribution in [0.2, 0.25) is 0 Å². The van der Waals surface area contributed by atoms with Crippen molar-refractivity contribution in [1.29, 1.82) is 0 Å². The van der Waals surface area contributed by atoms with Gasteiger partial charge in [-0.15, -0.1) is 11.6 Å². The lowest BCUT2D eigenvalue weighted by Crippen LogP contribution is -2.07. The smallest absolute Gasteiger partial charge is 0.341 e. The van der Waals surface area contributed by atoms with E-state index in [1.807, 2.05) is 13.0 Å². The van der Waals surface area contributed by atoms with Gasteiger partial charge in [0.2, 0.25) is 0 Å². The van der Waals surface area contributed by atoms with Gasteiger partial charge < -0.3 is 9.47 Å². The molecule has 0 heterocycles. The first-order valence-corrected chi connectivity index (χ1v) is 4.99. The molecule has 0 spiro atoms. The summed E-state index contributed by atoms with van der Waals surface area (Å²) < 4.78 is 9.81. The third-order valence-electron chi connectivity index (χ3n) is 2.12. The number of aryl methyl sites for hydroxylation is 1. The largest absolute Gasteiger partial charge is 0.496 e. The maximum absolute atomic E-state index is 11.5. The average molecular weight is 229 g/mol. The maximum atomic E-state index is 11.5. The zero-order chi connectivity index (χ0) is 11.4. The molecular weight excluding hydrogens is 216 g/mol. The fourth-order valence-corrected chi connectivity index (χ4v) is 1.58. The van der Waals surface area contributed by atoms with Gasteiger partial charge in [-0.25, -0.2) is 4.79 Å². The lowest BCUT2D eigenvalue weighted by Gasteiger charge is -2.11. The van der Waals surface area contributed by atoms with Gasteiger partial charge in [-0.1, -0.05) is 6.07 Å². The highest BCUT2D eigenvalue weighted by atomic mass is 35.5. The Balaban J connectivity index is 3.30. The van der Waals surface area contributed by atoms with Crippen molar-refractivity contribution in [3.8, 4) is 5.75 Å². The van der Waals surface area contributed by atoms with Crippen LogP contribution in [0, 0.1) is 6.92 Å². The normalized spacial score (nSPS) is 9.87. The number of carbonyl (C=O) groups is 1. The number of methoxy groups -OCH3 is 2. The van der Waals surface area contributed by atoms with Gasteiger partial charge >= 0.3 is 5.97 Å². The molecule has 0 fully saturated rings. The second-order valence-corrected chi connectivity index (χ2v) is 3.38. The van der Waals surface area contributed by atoms with Crippen molar-refractivity contribution in [1.82, 2.24) is 0 Å². The van der Waals surface area contributed by atoms with Gasteiger partial charge in [-0.3, -0.25) is 0 Å². The number of esters is 1. The molecule has 0 aliphatic rings. The van der Waals surface area contributed by atoms with Gasteiger partial charge in [0, 0.05) is 5.88 Å². The van der Waals surface area contributed by atoms with Crippen molar-refractivity contribution in [3.63, 3.8) is 0 Å². The SMILES string of the molecule is COC(=O)c1c(C)cc(CCl)cc1OC. The van der Waals surface area contributed by atoms with E-state index < -0.39 is 5.97 Å². The molecule has 0 bridgehead atoms. The van der Waals surface area contributed by atoms with Crippen LogP contribution in [0.15, 0.2) is 12.1 Å². The Hall–Kier alpha value is -1.22. The van der Waals surface area contributed by atoms with Crippen LogP contribution in [0.5, 0.6) is 5.75 Å². The molecule has 4 heteroatoms. The number of benzene rings is 1.